The van der Waals surface area contributed by atoms with Crippen molar-refractivity contribution in [3.8, 4) is 0 Å². The van der Waals surface area contributed by atoms with Crippen LogP contribution in [0, 0.1) is 5.82 Å². The third-order valence-corrected chi connectivity index (χ3v) is 2.71. The molecule has 1 unspecified atom stereocenters. The van der Waals surface area contributed by atoms with Crippen molar-refractivity contribution in [3.05, 3.63) is 29.6 Å². The van der Waals surface area contributed by atoms with Gasteiger partial charge in [-0.2, -0.15) is 0 Å². The van der Waals surface area contributed by atoms with Crippen LogP contribution in [0.5, 0.6) is 0 Å². The Morgan fingerprint density at radius 3 is 2.75 bits per heavy atom. The molecular weight excluding hydrogens is 265 g/mol. The van der Waals surface area contributed by atoms with Gasteiger partial charge >= 0.3 is 5.97 Å². The summed E-state index contributed by atoms with van der Waals surface area (Å²) in [7, 11) is 0. The molecule has 0 spiro atoms. The van der Waals surface area contributed by atoms with Crippen molar-refractivity contribution < 1.29 is 23.8 Å². The summed E-state index contributed by atoms with van der Waals surface area (Å²) in [5.41, 5.74) is -0.262. The number of carboxylic acids is 1. The molecule has 6 heteroatoms. The molecule has 5 nitrogen and oxygen atoms in total. The number of carbonyl (C=O) groups excluding carboxylic acids is 1. The van der Waals surface area contributed by atoms with Gasteiger partial charge in [0.25, 0.3) is 5.91 Å². The zero-order chi connectivity index (χ0) is 15.1. The van der Waals surface area contributed by atoms with Gasteiger partial charge in [0.2, 0.25) is 0 Å². The van der Waals surface area contributed by atoms with Gasteiger partial charge in [-0.25, -0.2) is 9.18 Å². The Hall–Kier alpha value is -1.95. The summed E-state index contributed by atoms with van der Waals surface area (Å²) in [4.78, 5) is 22.6. The van der Waals surface area contributed by atoms with Gasteiger partial charge in [0.15, 0.2) is 0 Å². The quantitative estimate of drug-likeness (QED) is 0.754. The van der Waals surface area contributed by atoms with Crippen LogP contribution in [-0.4, -0.2) is 29.7 Å². The largest absolute Gasteiger partial charge is 0.478 e. The lowest BCUT2D eigenvalue weighted by Crippen LogP contribution is -2.28. The summed E-state index contributed by atoms with van der Waals surface area (Å²) < 4.78 is 18.8. The summed E-state index contributed by atoms with van der Waals surface area (Å²) in [6.45, 7) is 4.01. The van der Waals surface area contributed by atoms with Gasteiger partial charge in [-0.05, 0) is 31.5 Å². The van der Waals surface area contributed by atoms with Crippen LogP contribution >= 0.6 is 0 Å². The van der Waals surface area contributed by atoms with Crippen molar-refractivity contribution >= 4 is 17.6 Å². The molecule has 0 bridgehead atoms. The van der Waals surface area contributed by atoms with Crippen LogP contribution in [0.25, 0.3) is 0 Å². The number of amides is 1. The molecule has 1 amide bonds. The first-order valence-corrected chi connectivity index (χ1v) is 6.41. The smallest absolute Gasteiger partial charge is 0.335 e. The number of hydrogen-bond acceptors (Lipinski definition) is 3. The molecule has 0 aromatic heterocycles. The molecule has 0 aliphatic rings. The Balaban J connectivity index is 2.69. The number of anilines is 1. The van der Waals surface area contributed by atoms with Crippen molar-refractivity contribution in [2.75, 3.05) is 11.9 Å². The maximum atomic E-state index is 13.5. The maximum absolute atomic E-state index is 13.5. The minimum absolute atomic E-state index is 0.0961. The zero-order valence-electron chi connectivity index (χ0n) is 11.5. The van der Waals surface area contributed by atoms with Gasteiger partial charge in [0.05, 0.1) is 11.3 Å². The predicted octanol–water partition coefficient (Wildman–Crippen LogP) is 2.67. The molecule has 1 atom stereocenters. The second kappa shape index (κ2) is 7.59. The third-order valence-electron chi connectivity index (χ3n) is 2.71. The van der Waals surface area contributed by atoms with Crippen LogP contribution in [0.15, 0.2) is 18.2 Å². The fourth-order valence-electron chi connectivity index (χ4n) is 1.47. The molecule has 0 aliphatic heterocycles. The van der Waals surface area contributed by atoms with E-state index in [-0.39, 0.29) is 11.3 Å². The molecule has 0 radical (unpaired) electrons. The van der Waals surface area contributed by atoms with Gasteiger partial charge < -0.3 is 15.2 Å². The first-order chi connectivity index (χ1) is 9.45. The number of carbonyl (C=O) groups is 2. The molecule has 110 valence electrons. The molecule has 20 heavy (non-hydrogen) atoms. The van der Waals surface area contributed by atoms with Crippen LogP contribution in [0.4, 0.5) is 10.1 Å². The number of carboxylic acid groups (broad SMARTS) is 1. The Morgan fingerprint density at radius 2 is 2.15 bits per heavy atom. The van der Waals surface area contributed by atoms with E-state index in [0.717, 1.165) is 31.0 Å². The Bertz CT molecular complexity index is 490. The normalized spacial score (nSPS) is 11.9. The maximum Gasteiger partial charge on any atom is 0.335 e. The number of unbranched alkanes of at least 4 members (excludes halogenated alkanes) is 1. The number of benzene rings is 1. The minimum atomic E-state index is -1.19. The number of hydrogen-bond donors (Lipinski definition) is 2. The summed E-state index contributed by atoms with van der Waals surface area (Å²) in [5.74, 6) is -2.39. The standard InChI is InChI=1S/C14H18FNO4/c1-3-4-7-20-9(2)13(17)16-12-8-10(14(18)19)5-6-11(12)15/h5-6,8-9H,3-4,7H2,1-2H3,(H,16,17)(H,18,19). The molecule has 1 rings (SSSR count). The number of nitrogens with one attached hydrogen (secondary N) is 1. The number of ether oxygens (including phenoxy) is 1. The predicted molar refractivity (Wildman–Crippen MR) is 72.3 cm³/mol. The highest BCUT2D eigenvalue weighted by atomic mass is 19.1. The van der Waals surface area contributed by atoms with E-state index in [2.05, 4.69) is 5.32 Å². The highest BCUT2D eigenvalue weighted by molar-refractivity contribution is 5.96. The van der Waals surface area contributed by atoms with Crippen molar-refractivity contribution in [2.45, 2.75) is 32.8 Å². The second-order valence-corrected chi connectivity index (χ2v) is 4.36. The molecule has 1 aromatic rings. The van der Waals surface area contributed by atoms with Gasteiger partial charge in [0, 0.05) is 6.61 Å². The zero-order valence-corrected chi connectivity index (χ0v) is 11.5. The van der Waals surface area contributed by atoms with Crippen LogP contribution in [0.2, 0.25) is 0 Å². The van der Waals surface area contributed by atoms with Crippen LogP contribution in [0.1, 0.15) is 37.0 Å². The molecule has 0 saturated carbocycles. The van der Waals surface area contributed by atoms with E-state index in [4.69, 9.17) is 9.84 Å². The average molecular weight is 283 g/mol. The molecule has 0 fully saturated rings. The SMILES string of the molecule is CCCCOC(C)C(=O)Nc1cc(C(=O)O)ccc1F. The number of halogens is 1. The lowest BCUT2D eigenvalue weighted by atomic mass is 10.2. The van der Waals surface area contributed by atoms with E-state index in [9.17, 15) is 14.0 Å². The molecule has 2 N–H and O–H groups in total. The Morgan fingerprint density at radius 1 is 1.45 bits per heavy atom. The molecule has 0 heterocycles. The molecule has 0 aliphatic carbocycles. The van der Waals surface area contributed by atoms with E-state index in [0.29, 0.717) is 6.61 Å². The van der Waals surface area contributed by atoms with E-state index >= 15 is 0 Å². The number of aromatic carboxylic acids is 1. The van der Waals surface area contributed by atoms with E-state index in [1.54, 1.807) is 6.92 Å². The Labute approximate surface area is 116 Å². The summed E-state index contributed by atoms with van der Waals surface area (Å²) >= 11 is 0. The van der Waals surface area contributed by atoms with Crippen molar-refractivity contribution in [1.29, 1.82) is 0 Å². The first kappa shape index (κ1) is 16.1. The van der Waals surface area contributed by atoms with Crippen molar-refractivity contribution in [3.63, 3.8) is 0 Å². The highest BCUT2D eigenvalue weighted by Gasteiger charge is 2.16. The molecular formula is C14H18FNO4. The van der Waals surface area contributed by atoms with Gasteiger partial charge in [-0.15, -0.1) is 0 Å². The van der Waals surface area contributed by atoms with Gasteiger partial charge in [-0.3, -0.25) is 4.79 Å². The van der Waals surface area contributed by atoms with Crippen LogP contribution < -0.4 is 5.32 Å². The number of rotatable bonds is 7. The topological polar surface area (TPSA) is 75.6 Å². The van der Waals surface area contributed by atoms with E-state index < -0.39 is 23.8 Å². The molecule has 1 aromatic carbocycles. The summed E-state index contributed by atoms with van der Waals surface area (Å²) in [6, 6.07) is 3.21. The molecule has 0 saturated heterocycles. The monoisotopic (exact) mass is 283 g/mol. The lowest BCUT2D eigenvalue weighted by molar-refractivity contribution is -0.126. The average Bonchev–Trinajstić information content (AvgIpc) is 2.41. The van der Waals surface area contributed by atoms with E-state index in [1.165, 1.54) is 0 Å². The van der Waals surface area contributed by atoms with E-state index in [1.807, 2.05) is 6.92 Å². The summed E-state index contributed by atoms with van der Waals surface area (Å²) in [5, 5.41) is 11.2. The van der Waals surface area contributed by atoms with Crippen LogP contribution in [-0.2, 0) is 9.53 Å². The van der Waals surface area contributed by atoms with Gasteiger partial charge in [0.1, 0.15) is 11.9 Å². The van der Waals surface area contributed by atoms with Gasteiger partial charge in [-0.1, -0.05) is 13.3 Å². The fourth-order valence-corrected chi connectivity index (χ4v) is 1.47. The highest BCUT2D eigenvalue weighted by Crippen LogP contribution is 2.17. The van der Waals surface area contributed by atoms with Crippen molar-refractivity contribution in [1.82, 2.24) is 0 Å². The first-order valence-electron chi connectivity index (χ1n) is 6.41. The Kier molecular flexibility index (Phi) is 6.11. The second-order valence-electron chi connectivity index (χ2n) is 4.36. The summed E-state index contributed by atoms with van der Waals surface area (Å²) in [6.07, 6.45) is 1.05. The minimum Gasteiger partial charge on any atom is -0.478 e. The van der Waals surface area contributed by atoms with Crippen molar-refractivity contribution in [2.24, 2.45) is 0 Å². The lowest BCUT2D eigenvalue weighted by Gasteiger charge is -2.13. The van der Waals surface area contributed by atoms with Crippen LogP contribution in [0.3, 0.4) is 0 Å². The third kappa shape index (κ3) is 4.62. The fraction of sp³-hybridized carbons (Fsp3) is 0.429.